The summed E-state index contributed by atoms with van der Waals surface area (Å²) >= 11 is 9.26. The van der Waals surface area contributed by atoms with Crippen molar-refractivity contribution in [3.05, 3.63) is 40.0 Å². The predicted octanol–water partition coefficient (Wildman–Crippen LogP) is 3.76. The summed E-state index contributed by atoms with van der Waals surface area (Å²) in [6.45, 7) is 0. The zero-order valence-electron chi connectivity index (χ0n) is 9.08. The van der Waals surface area contributed by atoms with Gasteiger partial charge in [-0.25, -0.2) is 4.98 Å². The van der Waals surface area contributed by atoms with Crippen LogP contribution >= 0.6 is 27.5 Å². The second-order valence-electron chi connectivity index (χ2n) is 3.38. The topological polar surface area (TPSA) is 48.1 Å². The first-order valence-electron chi connectivity index (χ1n) is 4.88. The van der Waals surface area contributed by atoms with Crippen LogP contribution in [-0.2, 0) is 0 Å². The maximum atomic E-state index is 5.87. The van der Waals surface area contributed by atoms with Gasteiger partial charge in [0.15, 0.2) is 0 Å². The third kappa shape index (κ3) is 2.37. The molecule has 0 amide bonds. The lowest BCUT2D eigenvalue weighted by molar-refractivity contribution is 0.416. The summed E-state index contributed by atoms with van der Waals surface area (Å²) in [6, 6.07) is 9.21. The van der Waals surface area contributed by atoms with E-state index in [0.29, 0.717) is 11.0 Å². The highest BCUT2D eigenvalue weighted by atomic mass is 79.9. The molecule has 0 atom stereocenters. The molecule has 0 aliphatic heterocycles. The molecular weight excluding hydrogens is 304 g/mol. The number of nitrogens with two attached hydrogens (primary N) is 1. The third-order valence-electron chi connectivity index (χ3n) is 2.36. The molecule has 1 aromatic heterocycles. The minimum absolute atomic E-state index is 0.372. The van der Waals surface area contributed by atoms with Crippen LogP contribution in [0.3, 0.4) is 0 Å². The number of aromatic nitrogens is 1. The van der Waals surface area contributed by atoms with Crippen molar-refractivity contribution in [2.45, 2.75) is 0 Å². The van der Waals surface area contributed by atoms with Gasteiger partial charge in [-0.3, -0.25) is 0 Å². The Morgan fingerprint density at radius 3 is 2.71 bits per heavy atom. The largest absolute Gasteiger partial charge is 0.496 e. The third-order valence-corrected chi connectivity index (χ3v) is 3.23. The number of halogens is 2. The molecule has 0 saturated carbocycles. The van der Waals surface area contributed by atoms with Gasteiger partial charge in [0, 0.05) is 15.6 Å². The number of nitrogens with zero attached hydrogens (tertiary/aromatic N) is 1. The SMILES string of the molecule is COc1cccc(Br)c1-c1ccc(Cl)nc1N. The quantitative estimate of drug-likeness (QED) is 0.859. The van der Waals surface area contributed by atoms with Gasteiger partial charge in [0.05, 0.1) is 7.11 Å². The number of anilines is 1. The Bertz CT molecular complexity index is 560. The molecule has 2 N–H and O–H groups in total. The number of benzene rings is 1. The molecule has 3 nitrogen and oxygen atoms in total. The molecule has 1 aromatic carbocycles. The molecule has 2 rings (SSSR count). The molecule has 0 radical (unpaired) electrons. The van der Waals surface area contributed by atoms with E-state index in [2.05, 4.69) is 20.9 Å². The van der Waals surface area contributed by atoms with Crippen LogP contribution < -0.4 is 10.5 Å². The highest BCUT2D eigenvalue weighted by Crippen LogP contribution is 2.39. The van der Waals surface area contributed by atoms with Crippen LogP contribution in [0.2, 0.25) is 5.15 Å². The molecular formula is C12H10BrClN2O. The van der Waals surface area contributed by atoms with Crippen molar-refractivity contribution >= 4 is 33.3 Å². The number of rotatable bonds is 2. The molecule has 0 spiro atoms. The highest BCUT2D eigenvalue weighted by molar-refractivity contribution is 9.10. The molecule has 88 valence electrons. The smallest absolute Gasteiger partial charge is 0.133 e. The van der Waals surface area contributed by atoms with Crippen molar-refractivity contribution in [1.82, 2.24) is 4.98 Å². The number of methoxy groups -OCH3 is 1. The summed E-state index contributed by atoms with van der Waals surface area (Å²) in [7, 11) is 1.62. The van der Waals surface area contributed by atoms with Crippen LogP contribution in [0.4, 0.5) is 5.82 Å². The van der Waals surface area contributed by atoms with E-state index in [1.54, 1.807) is 13.2 Å². The zero-order valence-corrected chi connectivity index (χ0v) is 11.4. The van der Waals surface area contributed by atoms with Crippen molar-refractivity contribution < 1.29 is 4.74 Å². The van der Waals surface area contributed by atoms with E-state index in [4.69, 9.17) is 22.1 Å². The van der Waals surface area contributed by atoms with E-state index < -0.39 is 0 Å². The molecule has 17 heavy (non-hydrogen) atoms. The maximum absolute atomic E-state index is 5.87. The van der Waals surface area contributed by atoms with Gasteiger partial charge >= 0.3 is 0 Å². The predicted molar refractivity (Wildman–Crippen MR) is 73.3 cm³/mol. The van der Waals surface area contributed by atoms with Gasteiger partial charge in [-0.2, -0.15) is 0 Å². The standard InChI is InChI=1S/C12H10BrClN2O/c1-17-9-4-2-3-8(13)11(9)7-5-6-10(14)16-12(7)15/h2-6H,1H3,(H2,15,16). The molecule has 5 heteroatoms. The lowest BCUT2D eigenvalue weighted by atomic mass is 10.1. The van der Waals surface area contributed by atoms with E-state index in [1.807, 2.05) is 24.3 Å². The van der Waals surface area contributed by atoms with Gasteiger partial charge in [-0.05, 0) is 24.3 Å². The summed E-state index contributed by atoms with van der Waals surface area (Å²) in [6.07, 6.45) is 0. The number of pyridine rings is 1. The Hall–Kier alpha value is -1.26. The van der Waals surface area contributed by atoms with Gasteiger partial charge in [-0.1, -0.05) is 33.6 Å². The minimum atomic E-state index is 0.372. The molecule has 0 unspecified atom stereocenters. The Morgan fingerprint density at radius 2 is 2.06 bits per heavy atom. The lowest BCUT2D eigenvalue weighted by Crippen LogP contribution is -1.96. The molecule has 0 aliphatic rings. The maximum Gasteiger partial charge on any atom is 0.133 e. The van der Waals surface area contributed by atoms with E-state index in [0.717, 1.165) is 21.3 Å². The van der Waals surface area contributed by atoms with Crippen LogP contribution in [0.25, 0.3) is 11.1 Å². The monoisotopic (exact) mass is 312 g/mol. The summed E-state index contributed by atoms with van der Waals surface area (Å²) in [4.78, 5) is 4.03. The fourth-order valence-electron chi connectivity index (χ4n) is 1.60. The first-order valence-corrected chi connectivity index (χ1v) is 6.05. The molecule has 1 heterocycles. The number of ether oxygens (including phenoxy) is 1. The Morgan fingerprint density at radius 1 is 1.29 bits per heavy atom. The average molecular weight is 314 g/mol. The van der Waals surface area contributed by atoms with Crippen molar-refractivity contribution in [3.63, 3.8) is 0 Å². The van der Waals surface area contributed by atoms with Crippen molar-refractivity contribution in [2.75, 3.05) is 12.8 Å². The number of nitrogen functional groups attached to an aromatic ring is 1. The van der Waals surface area contributed by atoms with Crippen LogP contribution in [0.15, 0.2) is 34.8 Å². The van der Waals surface area contributed by atoms with Gasteiger partial charge in [0.25, 0.3) is 0 Å². The summed E-state index contributed by atoms with van der Waals surface area (Å²) < 4.78 is 6.22. The van der Waals surface area contributed by atoms with Crippen molar-refractivity contribution in [3.8, 4) is 16.9 Å². The van der Waals surface area contributed by atoms with E-state index >= 15 is 0 Å². The second kappa shape index (κ2) is 4.94. The molecule has 0 saturated heterocycles. The summed E-state index contributed by atoms with van der Waals surface area (Å²) in [5.74, 6) is 1.11. The van der Waals surface area contributed by atoms with Crippen LogP contribution in [-0.4, -0.2) is 12.1 Å². The molecule has 0 aliphatic carbocycles. The normalized spacial score (nSPS) is 10.3. The fourth-order valence-corrected chi connectivity index (χ4v) is 2.31. The summed E-state index contributed by atoms with van der Waals surface area (Å²) in [5, 5.41) is 0.372. The molecule has 2 aromatic rings. The van der Waals surface area contributed by atoms with E-state index in [1.165, 1.54) is 0 Å². The lowest BCUT2D eigenvalue weighted by Gasteiger charge is -2.12. The van der Waals surface area contributed by atoms with Gasteiger partial charge in [0.2, 0.25) is 0 Å². The highest BCUT2D eigenvalue weighted by Gasteiger charge is 2.13. The van der Waals surface area contributed by atoms with Crippen molar-refractivity contribution in [2.24, 2.45) is 0 Å². The Labute approximate surface area is 113 Å². The van der Waals surface area contributed by atoms with Gasteiger partial charge in [-0.15, -0.1) is 0 Å². The Kier molecular flexibility index (Phi) is 3.54. The molecule has 0 bridgehead atoms. The first-order chi connectivity index (χ1) is 8.13. The second-order valence-corrected chi connectivity index (χ2v) is 4.63. The van der Waals surface area contributed by atoms with E-state index in [-0.39, 0.29) is 0 Å². The van der Waals surface area contributed by atoms with Crippen LogP contribution in [0.5, 0.6) is 5.75 Å². The van der Waals surface area contributed by atoms with Gasteiger partial charge < -0.3 is 10.5 Å². The van der Waals surface area contributed by atoms with Crippen molar-refractivity contribution in [1.29, 1.82) is 0 Å². The molecule has 0 fully saturated rings. The zero-order chi connectivity index (χ0) is 12.4. The minimum Gasteiger partial charge on any atom is -0.496 e. The Balaban J connectivity index is 2.67. The van der Waals surface area contributed by atoms with Crippen LogP contribution in [0, 0.1) is 0 Å². The van der Waals surface area contributed by atoms with Crippen LogP contribution in [0.1, 0.15) is 0 Å². The summed E-state index contributed by atoms with van der Waals surface area (Å²) in [5.41, 5.74) is 7.54. The first kappa shape index (κ1) is 12.2. The fraction of sp³-hybridized carbons (Fsp3) is 0.0833. The van der Waals surface area contributed by atoms with Gasteiger partial charge in [0.1, 0.15) is 16.7 Å². The number of hydrogen-bond acceptors (Lipinski definition) is 3. The van der Waals surface area contributed by atoms with E-state index in [9.17, 15) is 0 Å². The average Bonchev–Trinajstić information content (AvgIpc) is 2.30. The number of hydrogen-bond donors (Lipinski definition) is 1.